The molecule has 39 valence electrons. The van der Waals surface area contributed by atoms with Crippen LogP contribution in [0, 0.1) is 0 Å². The predicted molar refractivity (Wildman–Crippen MR) is 19.5 cm³/mol. The molecule has 5 heteroatoms. The summed E-state index contributed by atoms with van der Waals surface area (Å²) in [6, 6.07) is -0.927. The molecule has 0 saturated carbocycles. The van der Waals surface area contributed by atoms with Crippen LogP contribution in [0.1, 0.15) is 0 Å². The number of rotatable bonds is 2. The highest BCUT2D eigenvalue weighted by molar-refractivity contribution is 5.71. The molecule has 0 rings (SSSR count). The van der Waals surface area contributed by atoms with Crippen LogP contribution in [-0.2, 0) is 9.63 Å². The third-order valence-corrected chi connectivity index (χ3v) is 0.193. The van der Waals surface area contributed by atoms with E-state index in [9.17, 15) is 4.79 Å². The number of hydrogen-bond acceptors (Lipinski definition) is 3. The highest BCUT2D eigenvalue weighted by Crippen LogP contribution is 1.51. The molecule has 0 aliphatic heterocycles. The Bertz CT molecular complexity index is 81.0. The monoisotopic (exact) mass is 103 g/mol. The van der Waals surface area contributed by atoms with Gasteiger partial charge in [-0.1, -0.05) is 0 Å². The number of carbonyl (C=O) groups excluding carboxylic acids is 2. The zero-order valence-electron chi connectivity index (χ0n) is 3.30. The van der Waals surface area contributed by atoms with E-state index in [4.69, 9.17) is 4.79 Å². The molecule has 0 bridgehead atoms. The molecule has 0 fully saturated rings. The minimum absolute atomic E-state index is 0.927. The number of carbonyl (C=O) groups is 1. The van der Waals surface area contributed by atoms with Crippen molar-refractivity contribution in [3.8, 4) is 0 Å². The van der Waals surface area contributed by atoms with Crippen molar-refractivity contribution in [2.75, 3.05) is 0 Å². The minimum Gasteiger partial charge on any atom is -0.349 e. The van der Waals surface area contributed by atoms with Gasteiger partial charge in [-0.25, -0.2) is 9.59 Å². The minimum atomic E-state index is -0.927. The largest absolute Gasteiger partial charge is 0.443 e. The van der Waals surface area contributed by atoms with Crippen LogP contribution in [0.5, 0.6) is 0 Å². The molecule has 0 aliphatic rings. The number of hydroxylamine groups is 1. The van der Waals surface area contributed by atoms with Gasteiger partial charge in [-0.15, -0.1) is 0 Å². The fraction of sp³-hybridized carbons (Fsp3) is 0. The Morgan fingerprint density at radius 1 is 1.86 bits per heavy atom. The first-order valence-electron chi connectivity index (χ1n) is 1.36. The second-order valence-corrected chi connectivity index (χ2v) is 0.652. The lowest BCUT2D eigenvalue weighted by molar-refractivity contribution is 0.170. The summed E-state index contributed by atoms with van der Waals surface area (Å²) in [5, 5.41) is 0. The summed E-state index contributed by atoms with van der Waals surface area (Å²) in [4.78, 5) is 22.2. The van der Waals surface area contributed by atoms with E-state index in [2.05, 4.69) is 10.6 Å². The molecule has 7 heavy (non-hydrogen) atoms. The topological polar surface area (TPSA) is 81.4 Å². The van der Waals surface area contributed by atoms with Crippen molar-refractivity contribution in [2.24, 2.45) is 5.73 Å². The quantitative estimate of drug-likeness (QED) is 0.424. The molecular weight excluding hydrogens is 100 g/mol. The van der Waals surface area contributed by atoms with Crippen LogP contribution in [0.4, 0.5) is 4.79 Å². The summed E-state index contributed by atoms with van der Waals surface area (Å²) in [6.07, 6.45) is 0. The van der Waals surface area contributed by atoms with Crippen LogP contribution >= 0.6 is 0 Å². The third-order valence-electron chi connectivity index (χ3n) is 0.193. The van der Waals surface area contributed by atoms with Crippen molar-refractivity contribution in [1.82, 2.24) is 5.48 Å². The molecule has 0 aliphatic carbocycles. The number of nitrogens with one attached hydrogen (secondary N) is 1. The van der Waals surface area contributed by atoms with Crippen molar-refractivity contribution in [3.05, 3.63) is 0 Å². The van der Waals surface area contributed by atoms with Gasteiger partial charge < -0.3 is 10.6 Å². The van der Waals surface area contributed by atoms with Crippen molar-refractivity contribution in [3.63, 3.8) is 0 Å². The molecule has 0 atom stereocenters. The lowest BCUT2D eigenvalue weighted by atomic mass is 11.2. The van der Waals surface area contributed by atoms with Gasteiger partial charge in [-0.05, 0) is 0 Å². The van der Waals surface area contributed by atoms with Crippen LogP contribution in [-0.4, -0.2) is 12.5 Å². The Hall–Kier alpha value is -1.26. The molecular formula is C2H3N2O3. The van der Waals surface area contributed by atoms with Crippen molar-refractivity contribution < 1.29 is 14.4 Å². The number of nitrogens with two attached hydrogens (primary N) is 1. The second kappa shape index (κ2) is 2.95. The molecule has 0 unspecified atom stereocenters. The zero-order valence-corrected chi connectivity index (χ0v) is 3.30. The lowest BCUT2D eigenvalue weighted by Gasteiger charge is -1.89. The summed E-state index contributed by atoms with van der Waals surface area (Å²) in [5.41, 5.74) is 5.94. The van der Waals surface area contributed by atoms with Gasteiger partial charge in [0.05, 0.1) is 0 Å². The van der Waals surface area contributed by atoms with Gasteiger partial charge in [-0.3, -0.25) is 0 Å². The number of hydrogen-bond donors (Lipinski definition) is 2. The Labute approximate surface area is 39.4 Å². The fourth-order valence-corrected chi connectivity index (χ4v) is 0.0711. The van der Waals surface area contributed by atoms with Gasteiger partial charge in [0.15, 0.2) is 0 Å². The van der Waals surface area contributed by atoms with E-state index in [1.165, 1.54) is 5.48 Å². The number of primary amides is 1. The Kier molecular flexibility index (Phi) is 2.42. The molecule has 0 aromatic carbocycles. The van der Waals surface area contributed by atoms with Gasteiger partial charge in [0, 0.05) is 0 Å². The summed E-state index contributed by atoms with van der Waals surface area (Å²) in [7, 11) is 0. The third kappa shape index (κ3) is 4.74. The molecule has 5 nitrogen and oxygen atoms in total. The van der Waals surface area contributed by atoms with Crippen molar-refractivity contribution in [2.45, 2.75) is 0 Å². The maximum absolute atomic E-state index is 9.57. The van der Waals surface area contributed by atoms with E-state index in [1.54, 1.807) is 0 Å². The molecule has 0 saturated heterocycles. The van der Waals surface area contributed by atoms with Gasteiger partial charge in [-0.2, -0.15) is 5.48 Å². The van der Waals surface area contributed by atoms with E-state index in [-0.39, 0.29) is 0 Å². The molecule has 0 spiro atoms. The van der Waals surface area contributed by atoms with Crippen LogP contribution in [0.3, 0.4) is 0 Å². The van der Waals surface area contributed by atoms with E-state index in [1.807, 2.05) is 0 Å². The summed E-state index contributed by atoms with van der Waals surface area (Å²) < 4.78 is 0. The summed E-state index contributed by atoms with van der Waals surface area (Å²) >= 11 is 0. The molecule has 3 N–H and O–H groups in total. The van der Waals surface area contributed by atoms with E-state index >= 15 is 0 Å². The van der Waals surface area contributed by atoms with E-state index in [0.717, 1.165) is 6.47 Å². The maximum Gasteiger partial charge on any atom is 0.443 e. The molecule has 2 amide bonds. The molecule has 0 heterocycles. The maximum atomic E-state index is 9.57. The van der Waals surface area contributed by atoms with Crippen LogP contribution in [0.25, 0.3) is 0 Å². The van der Waals surface area contributed by atoms with Crippen LogP contribution in [0.2, 0.25) is 0 Å². The first-order valence-corrected chi connectivity index (χ1v) is 1.36. The Morgan fingerprint density at radius 2 is 2.43 bits per heavy atom. The van der Waals surface area contributed by atoms with Gasteiger partial charge in [0.2, 0.25) is 0 Å². The Morgan fingerprint density at radius 3 is 2.57 bits per heavy atom. The van der Waals surface area contributed by atoms with Crippen molar-refractivity contribution in [1.29, 1.82) is 0 Å². The summed E-state index contributed by atoms with van der Waals surface area (Å²) in [6.45, 7) is 0.937. The SMILES string of the molecule is NC(=O)NO[C]=O. The predicted octanol–water partition coefficient (Wildman–Crippen LogP) is -1.35. The lowest BCUT2D eigenvalue weighted by Crippen LogP contribution is -2.28. The first-order chi connectivity index (χ1) is 3.27. The van der Waals surface area contributed by atoms with Crippen molar-refractivity contribution >= 4 is 12.5 Å². The average molecular weight is 103 g/mol. The number of amides is 2. The molecule has 0 aromatic rings. The second-order valence-electron chi connectivity index (χ2n) is 0.652. The van der Waals surface area contributed by atoms with E-state index in [0.29, 0.717) is 0 Å². The van der Waals surface area contributed by atoms with Crippen LogP contribution in [0.15, 0.2) is 0 Å². The first kappa shape index (κ1) is 5.74. The smallest absolute Gasteiger partial charge is 0.349 e. The van der Waals surface area contributed by atoms with E-state index < -0.39 is 6.03 Å². The van der Waals surface area contributed by atoms with Crippen LogP contribution < -0.4 is 11.2 Å². The zero-order chi connectivity index (χ0) is 5.70. The Balaban J connectivity index is 2.97. The fourth-order valence-electron chi connectivity index (χ4n) is 0.0711. The highest BCUT2D eigenvalue weighted by atomic mass is 16.7. The van der Waals surface area contributed by atoms with Gasteiger partial charge in [0.1, 0.15) is 0 Å². The highest BCUT2D eigenvalue weighted by Gasteiger charge is 1.85. The normalized spacial score (nSPS) is 6.86. The van der Waals surface area contributed by atoms with Gasteiger partial charge >= 0.3 is 12.5 Å². The average Bonchev–Trinajstić information content (AvgIpc) is 1.61. The standard InChI is InChI=1S/C2H3N2O3/c3-2(6)4-7-1-5/h(H3,3,4,6). The summed E-state index contributed by atoms with van der Waals surface area (Å²) in [5.74, 6) is 0. The molecule has 1 radical (unpaired) electrons. The van der Waals surface area contributed by atoms with Gasteiger partial charge in [0.25, 0.3) is 0 Å². The number of urea groups is 1. The molecule has 0 aromatic heterocycles.